The van der Waals surface area contributed by atoms with E-state index in [2.05, 4.69) is 14.9 Å². The van der Waals surface area contributed by atoms with Crippen LogP contribution in [0.25, 0.3) is 11.4 Å². The fourth-order valence-electron chi connectivity index (χ4n) is 3.81. The summed E-state index contributed by atoms with van der Waals surface area (Å²) in [6, 6.07) is 9.69. The lowest BCUT2D eigenvalue weighted by Crippen LogP contribution is -2.49. The van der Waals surface area contributed by atoms with Crippen molar-refractivity contribution in [1.29, 1.82) is 0 Å². The van der Waals surface area contributed by atoms with Crippen molar-refractivity contribution in [2.24, 2.45) is 0 Å². The molecule has 1 N–H and O–H groups in total. The molecule has 3 aromatic rings. The summed E-state index contributed by atoms with van der Waals surface area (Å²) in [7, 11) is -4.21. The van der Waals surface area contributed by atoms with Crippen LogP contribution >= 0.6 is 0 Å². The fraction of sp³-hybridized carbons (Fsp3) is 0.318. The number of amides is 1. The number of carbonyl (C=O) groups is 1. The number of sulfonamides is 1. The van der Waals surface area contributed by atoms with E-state index in [-0.39, 0.29) is 18.3 Å². The van der Waals surface area contributed by atoms with Crippen LogP contribution in [0.3, 0.4) is 0 Å². The third-order valence-electron chi connectivity index (χ3n) is 5.44. The first-order valence-corrected chi connectivity index (χ1v) is 11.9. The van der Waals surface area contributed by atoms with Gasteiger partial charge < -0.3 is 9.42 Å². The topological polar surface area (TPSA) is 105 Å². The summed E-state index contributed by atoms with van der Waals surface area (Å²) in [6.07, 6.45) is 1.35. The molecule has 4 rings (SSSR count). The molecule has 2 aromatic carbocycles. The summed E-state index contributed by atoms with van der Waals surface area (Å²) in [6.45, 7) is 2.11. The maximum atomic E-state index is 13.9. The van der Waals surface area contributed by atoms with Crippen LogP contribution in [0, 0.1) is 11.6 Å². The highest BCUT2D eigenvalue weighted by Gasteiger charge is 2.32. The minimum atomic E-state index is -4.21. The Kier molecular flexibility index (Phi) is 6.52. The Morgan fingerprint density at radius 3 is 2.76 bits per heavy atom. The summed E-state index contributed by atoms with van der Waals surface area (Å²) in [4.78, 5) is 18.3. The predicted molar refractivity (Wildman–Crippen MR) is 114 cm³/mol. The Bertz CT molecular complexity index is 1260. The van der Waals surface area contributed by atoms with Crippen LogP contribution in [0.15, 0.2) is 57.9 Å². The quantitative estimate of drug-likeness (QED) is 0.586. The van der Waals surface area contributed by atoms with Crippen molar-refractivity contribution in [3.05, 3.63) is 66.1 Å². The van der Waals surface area contributed by atoms with E-state index in [0.29, 0.717) is 30.8 Å². The second-order valence-electron chi connectivity index (χ2n) is 7.86. The molecule has 1 unspecified atom stereocenters. The van der Waals surface area contributed by atoms with Gasteiger partial charge in [-0.15, -0.1) is 0 Å². The number of piperidine rings is 1. The molecule has 8 nitrogen and oxygen atoms in total. The van der Waals surface area contributed by atoms with Gasteiger partial charge in [0.25, 0.3) is 0 Å². The van der Waals surface area contributed by atoms with E-state index < -0.39 is 38.5 Å². The SMILES string of the molecule is C[C@H](NS(=O)(=O)c1ccccc1F)C(=O)N1CCCC(c2nc(-c3cccc(F)c3)no2)C1. The Morgan fingerprint density at radius 1 is 1.21 bits per heavy atom. The van der Waals surface area contributed by atoms with E-state index >= 15 is 0 Å². The number of carbonyl (C=O) groups excluding carboxylic acids is 1. The van der Waals surface area contributed by atoms with Crippen molar-refractivity contribution >= 4 is 15.9 Å². The molecule has 0 bridgehead atoms. The molecule has 1 aromatic heterocycles. The predicted octanol–water partition coefficient (Wildman–Crippen LogP) is 3.09. The maximum absolute atomic E-state index is 13.9. The van der Waals surface area contributed by atoms with Crippen molar-refractivity contribution in [3.8, 4) is 11.4 Å². The van der Waals surface area contributed by atoms with Crippen molar-refractivity contribution in [2.45, 2.75) is 36.6 Å². The van der Waals surface area contributed by atoms with Gasteiger partial charge in [0, 0.05) is 18.7 Å². The molecule has 0 aliphatic carbocycles. The van der Waals surface area contributed by atoms with Gasteiger partial charge in [0.05, 0.1) is 12.0 Å². The van der Waals surface area contributed by atoms with Gasteiger partial charge in [-0.05, 0) is 44.0 Å². The van der Waals surface area contributed by atoms with Crippen molar-refractivity contribution < 1.29 is 26.5 Å². The molecule has 0 radical (unpaired) electrons. The number of likely N-dealkylation sites (tertiary alicyclic amines) is 1. The molecular weight excluding hydrogens is 454 g/mol. The molecule has 11 heteroatoms. The molecule has 33 heavy (non-hydrogen) atoms. The summed E-state index contributed by atoms with van der Waals surface area (Å²) >= 11 is 0. The van der Waals surface area contributed by atoms with Crippen LogP contribution in [0.2, 0.25) is 0 Å². The van der Waals surface area contributed by atoms with Gasteiger partial charge in [-0.3, -0.25) is 4.79 Å². The van der Waals surface area contributed by atoms with Gasteiger partial charge in [0.1, 0.15) is 16.5 Å². The molecule has 1 saturated heterocycles. The zero-order valence-corrected chi connectivity index (χ0v) is 18.6. The third-order valence-corrected chi connectivity index (χ3v) is 7.01. The third kappa shape index (κ3) is 5.09. The summed E-state index contributed by atoms with van der Waals surface area (Å²) < 4.78 is 60.0. The lowest BCUT2D eigenvalue weighted by atomic mass is 9.97. The largest absolute Gasteiger partial charge is 0.341 e. The standard InChI is InChI=1S/C22H22F2N4O4S/c1-14(27-33(30,31)19-10-3-2-9-18(19)24)22(29)28-11-5-7-16(13-28)21-25-20(26-32-21)15-6-4-8-17(23)12-15/h2-4,6,8-10,12,14,16,27H,5,7,11,13H2,1H3/t14-,16?/m0/s1. The van der Waals surface area contributed by atoms with Crippen LogP contribution < -0.4 is 4.72 Å². The fourth-order valence-corrected chi connectivity index (χ4v) is 5.08. The van der Waals surface area contributed by atoms with Crippen molar-refractivity contribution in [2.75, 3.05) is 13.1 Å². The van der Waals surface area contributed by atoms with E-state index in [1.54, 1.807) is 12.1 Å². The number of rotatable bonds is 6. The molecule has 1 fully saturated rings. The number of halogens is 2. The van der Waals surface area contributed by atoms with Crippen LogP contribution in [0.4, 0.5) is 8.78 Å². The number of hydrogen-bond acceptors (Lipinski definition) is 6. The van der Waals surface area contributed by atoms with E-state index in [1.165, 1.54) is 36.1 Å². The number of aromatic nitrogens is 2. The average molecular weight is 477 g/mol. The lowest BCUT2D eigenvalue weighted by Gasteiger charge is -2.32. The first-order valence-electron chi connectivity index (χ1n) is 10.4. The molecule has 1 aliphatic rings. The molecule has 1 amide bonds. The Hall–Kier alpha value is -3.18. The molecule has 174 valence electrons. The monoisotopic (exact) mass is 476 g/mol. The number of benzene rings is 2. The van der Waals surface area contributed by atoms with Gasteiger partial charge in [-0.2, -0.15) is 9.71 Å². The van der Waals surface area contributed by atoms with E-state index in [9.17, 15) is 22.0 Å². The first kappa shape index (κ1) is 23.0. The smallest absolute Gasteiger partial charge is 0.244 e. The Balaban J connectivity index is 1.44. The van der Waals surface area contributed by atoms with Crippen LogP contribution in [-0.2, 0) is 14.8 Å². The summed E-state index contributed by atoms with van der Waals surface area (Å²) in [5.74, 6) is -1.42. The van der Waals surface area contributed by atoms with Gasteiger partial charge in [0.15, 0.2) is 0 Å². The summed E-state index contributed by atoms with van der Waals surface area (Å²) in [5, 5.41) is 3.91. The first-order chi connectivity index (χ1) is 15.7. The minimum Gasteiger partial charge on any atom is -0.341 e. The highest BCUT2D eigenvalue weighted by atomic mass is 32.2. The minimum absolute atomic E-state index is 0.243. The molecule has 2 heterocycles. The molecular formula is C22H22F2N4O4S. The van der Waals surface area contributed by atoms with Crippen LogP contribution in [-0.4, -0.2) is 48.5 Å². The van der Waals surface area contributed by atoms with Crippen LogP contribution in [0.5, 0.6) is 0 Å². The second kappa shape index (κ2) is 9.36. The normalized spacial score (nSPS) is 17.7. The van der Waals surface area contributed by atoms with Crippen molar-refractivity contribution in [1.82, 2.24) is 19.8 Å². The number of nitrogens with zero attached hydrogens (tertiary/aromatic N) is 3. The molecule has 2 atom stereocenters. The highest BCUT2D eigenvalue weighted by molar-refractivity contribution is 7.89. The highest BCUT2D eigenvalue weighted by Crippen LogP contribution is 2.28. The van der Waals surface area contributed by atoms with Gasteiger partial charge in [0.2, 0.25) is 27.6 Å². The molecule has 0 saturated carbocycles. The van der Waals surface area contributed by atoms with Gasteiger partial charge >= 0.3 is 0 Å². The Morgan fingerprint density at radius 2 is 2.00 bits per heavy atom. The maximum Gasteiger partial charge on any atom is 0.244 e. The van der Waals surface area contributed by atoms with E-state index in [4.69, 9.17) is 4.52 Å². The average Bonchev–Trinajstić information content (AvgIpc) is 3.29. The van der Waals surface area contributed by atoms with Gasteiger partial charge in [-0.25, -0.2) is 17.2 Å². The van der Waals surface area contributed by atoms with E-state index in [0.717, 1.165) is 12.1 Å². The molecule has 0 spiro atoms. The summed E-state index contributed by atoms with van der Waals surface area (Å²) in [5.41, 5.74) is 0.477. The molecule has 1 aliphatic heterocycles. The van der Waals surface area contributed by atoms with Crippen LogP contribution in [0.1, 0.15) is 31.6 Å². The second-order valence-corrected chi connectivity index (χ2v) is 9.55. The zero-order valence-electron chi connectivity index (χ0n) is 17.7. The van der Waals surface area contributed by atoms with Gasteiger partial charge in [-0.1, -0.05) is 29.4 Å². The number of nitrogens with one attached hydrogen (secondary N) is 1. The zero-order chi connectivity index (χ0) is 23.6. The van der Waals surface area contributed by atoms with E-state index in [1.807, 2.05) is 0 Å². The number of hydrogen-bond donors (Lipinski definition) is 1. The lowest BCUT2D eigenvalue weighted by molar-refractivity contribution is -0.133. The van der Waals surface area contributed by atoms with Crippen molar-refractivity contribution in [3.63, 3.8) is 0 Å². The Labute approximate surface area is 189 Å².